The predicted octanol–water partition coefficient (Wildman–Crippen LogP) is 2.69. The molecule has 1 aromatic rings. The maximum Gasteiger partial charge on any atom is 0.123 e. The summed E-state index contributed by atoms with van der Waals surface area (Å²) in [6.07, 6.45) is 5.02. The average Bonchev–Trinajstić information content (AvgIpc) is 3.20. The van der Waals surface area contributed by atoms with Crippen molar-refractivity contribution in [2.24, 2.45) is 11.8 Å². The van der Waals surface area contributed by atoms with E-state index in [-0.39, 0.29) is 5.82 Å². The number of hydrogen-bond donors (Lipinski definition) is 1. The second-order valence-corrected chi connectivity index (χ2v) is 6.71. The van der Waals surface area contributed by atoms with Crippen molar-refractivity contribution in [3.63, 3.8) is 0 Å². The van der Waals surface area contributed by atoms with Crippen molar-refractivity contribution in [1.82, 2.24) is 10.2 Å². The summed E-state index contributed by atoms with van der Waals surface area (Å²) >= 11 is 0. The van der Waals surface area contributed by atoms with Crippen LogP contribution in [0.1, 0.15) is 24.8 Å². The summed E-state index contributed by atoms with van der Waals surface area (Å²) < 4.78 is 13.3. The third-order valence-electron chi connectivity index (χ3n) is 4.53. The van der Waals surface area contributed by atoms with Crippen LogP contribution < -0.4 is 5.32 Å². The van der Waals surface area contributed by atoms with Crippen molar-refractivity contribution in [2.75, 3.05) is 26.7 Å². The third-order valence-corrected chi connectivity index (χ3v) is 4.53. The predicted molar refractivity (Wildman–Crippen MR) is 80.2 cm³/mol. The van der Waals surface area contributed by atoms with Gasteiger partial charge in [-0.3, -0.25) is 0 Å². The van der Waals surface area contributed by atoms with E-state index < -0.39 is 0 Å². The van der Waals surface area contributed by atoms with Gasteiger partial charge in [0.15, 0.2) is 0 Å². The lowest BCUT2D eigenvalue weighted by atomic mass is 9.89. The van der Waals surface area contributed by atoms with E-state index in [0.717, 1.165) is 31.0 Å². The van der Waals surface area contributed by atoms with Crippen molar-refractivity contribution in [2.45, 2.75) is 31.7 Å². The quantitative estimate of drug-likeness (QED) is 0.889. The van der Waals surface area contributed by atoms with Crippen LogP contribution in [0.3, 0.4) is 0 Å². The molecular formula is C17H25FN2. The number of likely N-dealkylation sites (N-methyl/N-ethyl adjacent to an activating group) is 1. The summed E-state index contributed by atoms with van der Waals surface area (Å²) in [5, 5.41) is 3.73. The van der Waals surface area contributed by atoms with E-state index in [4.69, 9.17) is 0 Å². The first-order valence-electron chi connectivity index (χ1n) is 7.85. The van der Waals surface area contributed by atoms with Gasteiger partial charge in [-0.05, 0) is 68.8 Å². The topological polar surface area (TPSA) is 15.3 Å². The molecule has 1 aliphatic carbocycles. The Kier molecular flexibility index (Phi) is 4.37. The first-order valence-corrected chi connectivity index (χ1v) is 7.85. The molecule has 1 saturated heterocycles. The Bertz CT molecular complexity index is 444. The highest BCUT2D eigenvalue weighted by Crippen LogP contribution is 2.28. The Morgan fingerprint density at radius 2 is 2.10 bits per heavy atom. The molecular weight excluding hydrogens is 251 g/mol. The highest BCUT2D eigenvalue weighted by atomic mass is 19.1. The monoisotopic (exact) mass is 276 g/mol. The normalized spacial score (nSPS) is 27.7. The number of nitrogens with zero attached hydrogens (tertiary/aromatic N) is 1. The third kappa shape index (κ3) is 4.03. The number of nitrogens with one attached hydrogen (secondary N) is 1. The summed E-state index contributed by atoms with van der Waals surface area (Å²) in [6.45, 7) is 3.45. The fourth-order valence-electron chi connectivity index (χ4n) is 3.39. The molecule has 2 atom stereocenters. The minimum absolute atomic E-state index is 0.116. The van der Waals surface area contributed by atoms with E-state index in [1.165, 1.54) is 31.9 Å². The molecule has 0 spiro atoms. The lowest BCUT2D eigenvalue weighted by molar-refractivity contribution is 0.168. The van der Waals surface area contributed by atoms with E-state index >= 15 is 0 Å². The van der Waals surface area contributed by atoms with Gasteiger partial charge in [-0.25, -0.2) is 4.39 Å². The Morgan fingerprint density at radius 1 is 1.25 bits per heavy atom. The summed E-state index contributed by atoms with van der Waals surface area (Å²) in [7, 11) is 2.20. The molecule has 1 heterocycles. The molecule has 3 heteroatoms. The number of piperidine rings is 1. The van der Waals surface area contributed by atoms with Gasteiger partial charge in [-0.2, -0.15) is 0 Å². The van der Waals surface area contributed by atoms with E-state index in [1.54, 1.807) is 6.07 Å². The van der Waals surface area contributed by atoms with Crippen LogP contribution in [0.15, 0.2) is 24.3 Å². The average molecular weight is 276 g/mol. The zero-order chi connectivity index (χ0) is 13.9. The van der Waals surface area contributed by atoms with Crippen LogP contribution in [-0.2, 0) is 6.42 Å². The van der Waals surface area contributed by atoms with Crippen molar-refractivity contribution in [1.29, 1.82) is 0 Å². The summed E-state index contributed by atoms with van der Waals surface area (Å²) in [6, 6.07) is 7.68. The van der Waals surface area contributed by atoms with Gasteiger partial charge in [0.25, 0.3) is 0 Å². The fraction of sp³-hybridized carbons (Fsp3) is 0.647. The molecule has 0 aromatic heterocycles. The van der Waals surface area contributed by atoms with Crippen LogP contribution in [0.5, 0.6) is 0 Å². The number of likely N-dealkylation sites (tertiary alicyclic amines) is 1. The van der Waals surface area contributed by atoms with Gasteiger partial charge in [0.1, 0.15) is 5.82 Å². The van der Waals surface area contributed by atoms with Crippen molar-refractivity contribution < 1.29 is 4.39 Å². The second kappa shape index (κ2) is 6.23. The Labute approximate surface area is 121 Å². The SMILES string of the molecule is CN1CC(Cc2cccc(F)c2)CC(NCC2CC2)C1. The number of rotatable bonds is 5. The standard InChI is InChI=1S/C17H25FN2/c1-20-11-15(7-14-3-2-4-16(18)8-14)9-17(12-20)19-10-13-5-6-13/h2-4,8,13,15,17,19H,5-7,9-12H2,1H3. The van der Waals surface area contributed by atoms with E-state index in [2.05, 4.69) is 17.3 Å². The van der Waals surface area contributed by atoms with Crippen LogP contribution in [0.4, 0.5) is 4.39 Å². The fourth-order valence-corrected chi connectivity index (χ4v) is 3.39. The molecule has 2 nitrogen and oxygen atoms in total. The second-order valence-electron chi connectivity index (χ2n) is 6.71. The maximum absolute atomic E-state index is 13.3. The highest BCUT2D eigenvalue weighted by Gasteiger charge is 2.27. The molecule has 20 heavy (non-hydrogen) atoms. The molecule has 110 valence electrons. The Morgan fingerprint density at radius 3 is 2.85 bits per heavy atom. The molecule has 0 radical (unpaired) electrons. The highest BCUT2D eigenvalue weighted by molar-refractivity contribution is 5.17. The lowest BCUT2D eigenvalue weighted by Crippen LogP contribution is -2.48. The first kappa shape index (κ1) is 14.0. The lowest BCUT2D eigenvalue weighted by Gasteiger charge is -2.36. The van der Waals surface area contributed by atoms with Crippen LogP contribution in [0, 0.1) is 17.7 Å². The van der Waals surface area contributed by atoms with E-state index in [9.17, 15) is 4.39 Å². The molecule has 1 saturated carbocycles. The number of benzene rings is 1. The summed E-state index contributed by atoms with van der Waals surface area (Å²) in [5.74, 6) is 1.45. The van der Waals surface area contributed by atoms with Gasteiger partial charge in [-0.1, -0.05) is 12.1 Å². The summed E-state index contributed by atoms with van der Waals surface area (Å²) in [5.41, 5.74) is 1.13. The largest absolute Gasteiger partial charge is 0.312 e. The number of halogens is 1. The molecule has 3 rings (SSSR count). The van der Waals surface area contributed by atoms with Crippen LogP contribution >= 0.6 is 0 Å². The molecule has 1 N–H and O–H groups in total. The van der Waals surface area contributed by atoms with Crippen LogP contribution in [-0.4, -0.2) is 37.6 Å². The Hall–Kier alpha value is -0.930. The van der Waals surface area contributed by atoms with E-state index in [1.807, 2.05) is 12.1 Å². The zero-order valence-electron chi connectivity index (χ0n) is 12.3. The molecule has 2 aliphatic rings. The molecule has 0 bridgehead atoms. The van der Waals surface area contributed by atoms with Gasteiger partial charge in [0, 0.05) is 19.1 Å². The smallest absolute Gasteiger partial charge is 0.123 e. The van der Waals surface area contributed by atoms with Gasteiger partial charge in [-0.15, -0.1) is 0 Å². The van der Waals surface area contributed by atoms with Gasteiger partial charge in [0.05, 0.1) is 0 Å². The summed E-state index contributed by atoms with van der Waals surface area (Å²) in [4.78, 5) is 2.41. The van der Waals surface area contributed by atoms with E-state index in [0.29, 0.717) is 12.0 Å². The first-order chi connectivity index (χ1) is 9.69. The Balaban J connectivity index is 1.54. The van der Waals surface area contributed by atoms with Gasteiger partial charge in [0.2, 0.25) is 0 Å². The maximum atomic E-state index is 13.3. The van der Waals surface area contributed by atoms with Gasteiger partial charge >= 0.3 is 0 Å². The van der Waals surface area contributed by atoms with Gasteiger partial charge < -0.3 is 10.2 Å². The molecule has 2 unspecified atom stereocenters. The minimum atomic E-state index is -0.116. The molecule has 0 amide bonds. The molecule has 2 fully saturated rings. The minimum Gasteiger partial charge on any atom is -0.312 e. The van der Waals surface area contributed by atoms with Crippen molar-refractivity contribution in [3.8, 4) is 0 Å². The van der Waals surface area contributed by atoms with Crippen molar-refractivity contribution in [3.05, 3.63) is 35.6 Å². The zero-order valence-corrected chi connectivity index (χ0v) is 12.3. The number of hydrogen-bond acceptors (Lipinski definition) is 2. The van der Waals surface area contributed by atoms with Crippen molar-refractivity contribution >= 4 is 0 Å². The molecule has 1 aromatic carbocycles. The molecule has 1 aliphatic heterocycles. The van der Waals surface area contributed by atoms with Crippen LogP contribution in [0.25, 0.3) is 0 Å². The van der Waals surface area contributed by atoms with Crippen LogP contribution in [0.2, 0.25) is 0 Å².